The molecule has 3 aromatic rings. The lowest BCUT2D eigenvalue weighted by Crippen LogP contribution is -2.01. The standard InChI is InChI=1S/C17H14ClFN4S/c1-2-9-23-16(15-5-3-4-8-20-15)21-22-17(23)24-11-12-6-7-13(19)10-14(12)18/h2-8,10H,1,9,11H2. The van der Waals surface area contributed by atoms with Crippen LogP contribution in [0.3, 0.4) is 0 Å². The fourth-order valence-electron chi connectivity index (χ4n) is 2.15. The Kier molecular flexibility index (Phi) is 5.27. The van der Waals surface area contributed by atoms with Gasteiger partial charge in [0.2, 0.25) is 0 Å². The highest BCUT2D eigenvalue weighted by molar-refractivity contribution is 7.98. The third-order valence-electron chi connectivity index (χ3n) is 3.29. The van der Waals surface area contributed by atoms with Crippen LogP contribution in [0.25, 0.3) is 11.5 Å². The van der Waals surface area contributed by atoms with Crippen LogP contribution >= 0.6 is 23.4 Å². The van der Waals surface area contributed by atoms with Gasteiger partial charge in [-0.15, -0.1) is 16.8 Å². The van der Waals surface area contributed by atoms with E-state index in [0.717, 1.165) is 16.4 Å². The predicted molar refractivity (Wildman–Crippen MR) is 94.4 cm³/mol. The lowest BCUT2D eigenvalue weighted by molar-refractivity contribution is 0.627. The van der Waals surface area contributed by atoms with Gasteiger partial charge in [0.25, 0.3) is 0 Å². The summed E-state index contributed by atoms with van der Waals surface area (Å²) >= 11 is 7.56. The van der Waals surface area contributed by atoms with Crippen molar-refractivity contribution in [3.05, 3.63) is 71.7 Å². The molecule has 0 saturated carbocycles. The molecule has 0 radical (unpaired) electrons. The van der Waals surface area contributed by atoms with E-state index in [-0.39, 0.29) is 5.82 Å². The summed E-state index contributed by atoms with van der Waals surface area (Å²) in [7, 11) is 0. The molecule has 0 bridgehead atoms. The van der Waals surface area contributed by atoms with Gasteiger partial charge >= 0.3 is 0 Å². The molecule has 0 N–H and O–H groups in total. The molecule has 0 amide bonds. The zero-order valence-electron chi connectivity index (χ0n) is 12.7. The van der Waals surface area contributed by atoms with Crippen LogP contribution in [0.15, 0.2) is 60.4 Å². The molecule has 0 aliphatic rings. The van der Waals surface area contributed by atoms with Gasteiger partial charge < -0.3 is 0 Å². The number of allylic oxidation sites excluding steroid dienone is 1. The van der Waals surface area contributed by atoms with Gasteiger partial charge in [0.1, 0.15) is 11.5 Å². The zero-order valence-corrected chi connectivity index (χ0v) is 14.3. The molecule has 0 aliphatic carbocycles. The molecule has 122 valence electrons. The van der Waals surface area contributed by atoms with Crippen LogP contribution in [0, 0.1) is 5.82 Å². The highest BCUT2D eigenvalue weighted by Gasteiger charge is 2.15. The van der Waals surface area contributed by atoms with E-state index < -0.39 is 0 Å². The lowest BCUT2D eigenvalue weighted by atomic mass is 10.2. The molecular formula is C17H14ClFN4S. The van der Waals surface area contributed by atoms with E-state index >= 15 is 0 Å². The molecule has 0 fully saturated rings. The van der Waals surface area contributed by atoms with E-state index in [0.29, 0.717) is 23.1 Å². The van der Waals surface area contributed by atoms with Crippen LogP contribution < -0.4 is 0 Å². The summed E-state index contributed by atoms with van der Waals surface area (Å²) < 4.78 is 15.1. The average Bonchev–Trinajstić information content (AvgIpc) is 2.98. The van der Waals surface area contributed by atoms with Crippen LogP contribution in [0.4, 0.5) is 4.39 Å². The van der Waals surface area contributed by atoms with E-state index in [1.165, 1.54) is 23.9 Å². The molecular weight excluding hydrogens is 347 g/mol. The molecule has 1 aromatic carbocycles. The normalized spacial score (nSPS) is 10.8. The van der Waals surface area contributed by atoms with Gasteiger partial charge in [-0.1, -0.05) is 41.6 Å². The van der Waals surface area contributed by atoms with Crippen LogP contribution in [-0.4, -0.2) is 19.7 Å². The van der Waals surface area contributed by atoms with Crippen molar-refractivity contribution in [3.63, 3.8) is 0 Å². The van der Waals surface area contributed by atoms with Gasteiger partial charge in [-0.2, -0.15) is 0 Å². The molecule has 0 unspecified atom stereocenters. The summed E-state index contributed by atoms with van der Waals surface area (Å²) in [6.45, 7) is 4.35. The van der Waals surface area contributed by atoms with Crippen molar-refractivity contribution in [1.29, 1.82) is 0 Å². The molecule has 0 atom stereocenters. The zero-order chi connectivity index (χ0) is 16.9. The Morgan fingerprint density at radius 1 is 1.25 bits per heavy atom. The number of pyridine rings is 1. The molecule has 7 heteroatoms. The summed E-state index contributed by atoms with van der Waals surface area (Å²) in [5, 5.41) is 9.62. The van der Waals surface area contributed by atoms with E-state index in [9.17, 15) is 4.39 Å². The Hall–Kier alpha value is -2.18. The highest BCUT2D eigenvalue weighted by atomic mass is 35.5. The fourth-order valence-corrected chi connectivity index (χ4v) is 3.42. The van der Waals surface area contributed by atoms with Crippen molar-refractivity contribution in [2.45, 2.75) is 17.5 Å². The molecule has 0 spiro atoms. The average molecular weight is 361 g/mol. The van der Waals surface area contributed by atoms with Crippen LogP contribution in [0.2, 0.25) is 5.02 Å². The number of hydrogen-bond donors (Lipinski definition) is 0. The molecule has 0 aliphatic heterocycles. The first-order chi connectivity index (χ1) is 11.7. The summed E-state index contributed by atoms with van der Waals surface area (Å²) in [6.07, 6.45) is 3.50. The SMILES string of the molecule is C=CCn1c(SCc2ccc(F)cc2Cl)nnc1-c1ccccn1. The maximum Gasteiger partial charge on any atom is 0.192 e. The fraction of sp³-hybridized carbons (Fsp3) is 0.118. The first-order valence-corrected chi connectivity index (χ1v) is 8.57. The van der Waals surface area contributed by atoms with Gasteiger partial charge in [-0.25, -0.2) is 4.39 Å². The maximum atomic E-state index is 13.1. The third-order valence-corrected chi connectivity index (χ3v) is 4.66. The van der Waals surface area contributed by atoms with Gasteiger partial charge in [0.05, 0.1) is 0 Å². The van der Waals surface area contributed by atoms with Crippen LogP contribution in [0.5, 0.6) is 0 Å². The molecule has 24 heavy (non-hydrogen) atoms. The summed E-state index contributed by atoms with van der Waals surface area (Å²) in [5.74, 6) is 0.903. The minimum absolute atomic E-state index is 0.346. The summed E-state index contributed by atoms with van der Waals surface area (Å²) in [4.78, 5) is 4.32. The minimum atomic E-state index is -0.346. The van der Waals surface area contributed by atoms with Crippen LogP contribution in [0.1, 0.15) is 5.56 Å². The lowest BCUT2D eigenvalue weighted by Gasteiger charge is -2.08. The number of nitrogens with zero attached hydrogens (tertiary/aromatic N) is 4. The number of rotatable bonds is 6. The Bertz CT molecular complexity index is 851. The summed E-state index contributed by atoms with van der Waals surface area (Å²) in [6, 6.07) is 10.0. The second-order valence-electron chi connectivity index (χ2n) is 4.94. The summed E-state index contributed by atoms with van der Waals surface area (Å²) in [5.41, 5.74) is 1.59. The van der Waals surface area contributed by atoms with E-state index in [2.05, 4.69) is 21.8 Å². The Labute approximate surface area is 148 Å². The molecule has 2 heterocycles. The molecule has 0 saturated heterocycles. The van der Waals surface area contributed by atoms with E-state index in [1.54, 1.807) is 18.3 Å². The topological polar surface area (TPSA) is 43.6 Å². The first-order valence-electron chi connectivity index (χ1n) is 7.21. The largest absolute Gasteiger partial charge is 0.297 e. The van der Waals surface area contributed by atoms with Gasteiger partial charge in [-0.05, 0) is 29.8 Å². The van der Waals surface area contributed by atoms with Crippen LogP contribution in [-0.2, 0) is 12.3 Å². The number of thioether (sulfide) groups is 1. The van der Waals surface area contributed by atoms with Crippen molar-refractivity contribution in [1.82, 2.24) is 19.7 Å². The molecule has 3 rings (SSSR count). The van der Waals surface area contributed by atoms with Crippen molar-refractivity contribution >= 4 is 23.4 Å². The number of hydrogen-bond acceptors (Lipinski definition) is 4. The number of aromatic nitrogens is 4. The Morgan fingerprint density at radius 2 is 2.12 bits per heavy atom. The minimum Gasteiger partial charge on any atom is -0.297 e. The van der Waals surface area contributed by atoms with Gasteiger partial charge in [-0.3, -0.25) is 9.55 Å². The monoisotopic (exact) mass is 360 g/mol. The molecule has 4 nitrogen and oxygen atoms in total. The van der Waals surface area contributed by atoms with Crippen molar-refractivity contribution in [2.75, 3.05) is 0 Å². The van der Waals surface area contributed by atoms with Crippen molar-refractivity contribution in [2.24, 2.45) is 0 Å². The van der Waals surface area contributed by atoms with E-state index in [1.807, 2.05) is 22.8 Å². The first kappa shape index (κ1) is 16.7. The Morgan fingerprint density at radius 3 is 2.83 bits per heavy atom. The van der Waals surface area contributed by atoms with Crippen molar-refractivity contribution < 1.29 is 4.39 Å². The Balaban J connectivity index is 1.85. The number of halogens is 2. The van der Waals surface area contributed by atoms with Crippen molar-refractivity contribution in [3.8, 4) is 11.5 Å². The van der Waals surface area contributed by atoms with Gasteiger partial charge in [0.15, 0.2) is 11.0 Å². The quantitative estimate of drug-likeness (QED) is 0.475. The van der Waals surface area contributed by atoms with E-state index in [4.69, 9.17) is 11.6 Å². The predicted octanol–water partition coefficient (Wildman–Crippen LogP) is 4.61. The smallest absolute Gasteiger partial charge is 0.192 e. The third kappa shape index (κ3) is 3.66. The highest BCUT2D eigenvalue weighted by Crippen LogP contribution is 2.28. The maximum absolute atomic E-state index is 13.1. The second-order valence-corrected chi connectivity index (χ2v) is 6.29. The molecule has 2 aromatic heterocycles. The number of benzene rings is 1. The van der Waals surface area contributed by atoms with Gasteiger partial charge in [0, 0.05) is 23.5 Å². The second kappa shape index (κ2) is 7.59.